The summed E-state index contributed by atoms with van der Waals surface area (Å²) in [5, 5.41) is 0. The first-order chi connectivity index (χ1) is 15.4. The predicted octanol–water partition coefficient (Wildman–Crippen LogP) is 3.79. The number of aryl methyl sites for hydroxylation is 2. The largest absolute Gasteiger partial charge is 0.461 e. The minimum absolute atomic E-state index is 0.195. The molecule has 0 N–H and O–H groups in total. The summed E-state index contributed by atoms with van der Waals surface area (Å²) in [5.41, 5.74) is 2.46. The monoisotopic (exact) mass is 455 g/mol. The fourth-order valence-corrected chi connectivity index (χ4v) is 4.98. The number of sulfonamides is 1. The number of ether oxygens (including phenoxy) is 1. The second-order valence-electron chi connectivity index (χ2n) is 7.32. The van der Waals surface area contributed by atoms with E-state index in [9.17, 15) is 13.2 Å². The minimum Gasteiger partial charge on any atom is -0.461 e. The standard InChI is InChI=1S/C24H29N3O4S/c1-4-27(5-2)32(29,30)20-13-14-22-21(18-20)25-23(26(22)3)15-16-24(28)31-17-9-12-19-10-7-6-8-11-19/h6-14,18H,4-5,15-17H2,1-3H3/b12-9-. The van der Waals surface area contributed by atoms with Crippen LogP contribution in [0, 0.1) is 0 Å². The van der Waals surface area contributed by atoms with Gasteiger partial charge in [0.05, 0.1) is 22.3 Å². The molecular formula is C24H29N3O4S. The van der Waals surface area contributed by atoms with Gasteiger partial charge in [0.2, 0.25) is 10.0 Å². The number of rotatable bonds is 10. The van der Waals surface area contributed by atoms with Crippen LogP contribution in [0.4, 0.5) is 0 Å². The summed E-state index contributed by atoms with van der Waals surface area (Å²) in [5.74, 6) is 0.397. The molecule has 8 heteroatoms. The van der Waals surface area contributed by atoms with Crippen LogP contribution in [-0.4, -0.2) is 47.9 Å². The van der Waals surface area contributed by atoms with Crippen LogP contribution in [0.25, 0.3) is 17.1 Å². The average molecular weight is 456 g/mol. The van der Waals surface area contributed by atoms with Crippen LogP contribution in [0.5, 0.6) is 0 Å². The molecule has 0 bridgehead atoms. The molecule has 3 rings (SSSR count). The molecule has 7 nitrogen and oxygen atoms in total. The summed E-state index contributed by atoms with van der Waals surface area (Å²) in [7, 11) is -1.69. The van der Waals surface area contributed by atoms with Gasteiger partial charge in [-0.2, -0.15) is 4.31 Å². The second-order valence-corrected chi connectivity index (χ2v) is 9.26. The fraction of sp³-hybridized carbons (Fsp3) is 0.333. The smallest absolute Gasteiger partial charge is 0.306 e. The van der Waals surface area contributed by atoms with E-state index in [1.165, 1.54) is 4.31 Å². The van der Waals surface area contributed by atoms with Crippen molar-refractivity contribution in [1.82, 2.24) is 13.9 Å². The topological polar surface area (TPSA) is 81.5 Å². The Morgan fingerprint density at radius 1 is 1.12 bits per heavy atom. The highest BCUT2D eigenvalue weighted by atomic mass is 32.2. The number of carbonyl (C=O) groups is 1. The van der Waals surface area contributed by atoms with Gasteiger partial charge in [-0.15, -0.1) is 0 Å². The van der Waals surface area contributed by atoms with E-state index in [2.05, 4.69) is 4.98 Å². The van der Waals surface area contributed by atoms with Crippen LogP contribution in [0.15, 0.2) is 59.5 Å². The maximum Gasteiger partial charge on any atom is 0.306 e. The molecule has 0 aliphatic carbocycles. The van der Waals surface area contributed by atoms with E-state index in [0.717, 1.165) is 11.1 Å². The van der Waals surface area contributed by atoms with Gasteiger partial charge in [-0.05, 0) is 29.8 Å². The number of esters is 1. The van der Waals surface area contributed by atoms with E-state index in [0.29, 0.717) is 30.9 Å². The SMILES string of the molecule is CCN(CC)S(=O)(=O)c1ccc2c(c1)nc(CCC(=O)OC/C=C\c1ccccc1)n2C. The number of nitrogens with zero attached hydrogens (tertiary/aromatic N) is 3. The first-order valence-corrected chi connectivity index (χ1v) is 12.1. The number of hydrogen-bond acceptors (Lipinski definition) is 5. The number of aromatic nitrogens is 2. The highest BCUT2D eigenvalue weighted by Crippen LogP contribution is 2.22. The number of fused-ring (bicyclic) bond motifs is 1. The molecule has 0 unspecified atom stereocenters. The Morgan fingerprint density at radius 3 is 2.53 bits per heavy atom. The summed E-state index contributed by atoms with van der Waals surface area (Å²) < 4.78 is 34.1. The average Bonchev–Trinajstić information content (AvgIpc) is 3.11. The maximum absolute atomic E-state index is 12.8. The van der Waals surface area contributed by atoms with Crippen molar-refractivity contribution in [3.8, 4) is 0 Å². The molecule has 0 amide bonds. The summed E-state index contributed by atoms with van der Waals surface area (Å²) in [6, 6.07) is 14.8. The van der Waals surface area contributed by atoms with E-state index in [-0.39, 0.29) is 23.9 Å². The lowest BCUT2D eigenvalue weighted by molar-refractivity contribution is -0.142. The summed E-state index contributed by atoms with van der Waals surface area (Å²) in [6.45, 7) is 4.66. The third-order valence-corrected chi connectivity index (χ3v) is 7.34. The molecule has 0 saturated carbocycles. The molecule has 3 aromatic rings. The van der Waals surface area contributed by atoms with E-state index in [1.807, 2.05) is 61.9 Å². The normalized spacial score (nSPS) is 12.1. The summed E-state index contributed by atoms with van der Waals surface area (Å²) in [6.07, 6.45) is 4.31. The van der Waals surface area contributed by atoms with Crippen molar-refractivity contribution in [2.45, 2.75) is 31.6 Å². The van der Waals surface area contributed by atoms with E-state index >= 15 is 0 Å². The molecule has 0 saturated heterocycles. The molecule has 32 heavy (non-hydrogen) atoms. The molecule has 2 aromatic carbocycles. The Balaban J connectivity index is 1.63. The van der Waals surface area contributed by atoms with Gasteiger partial charge in [-0.25, -0.2) is 13.4 Å². The molecule has 0 aliphatic heterocycles. The lowest BCUT2D eigenvalue weighted by atomic mass is 10.2. The molecule has 0 spiro atoms. The molecule has 1 heterocycles. The van der Waals surface area contributed by atoms with Gasteiger partial charge in [0.15, 0.2) is 0 Å². The van der Waals surface area contributed by atoms with Crippen LogP contribution in [-0.2, 0) is 33.0 Å². The van der Waals surface area contributed by atoms with E-state index in [4.69, 9.17) is 4.74 Å². The Morgan fingerprint density at radius 2 is 1.84 bits per heavy atom. The first-order valence-electron chi connectivity index (χ1n) is 10.7. The Hall–Kier alpha value is -2.97. The van der Waals surface area contributed by atoms with E-state index in [1.54, 1.807) is 24.3 Å². The number of hydrogen-bond donors (Lipinski definition) is 0. The van der Waals surface area contributed by atoms with Crippen LogP contribution >= 0.6 is 0 Å². The maximum atomic E-state index is 12.8. The molecule has 170 valence electrons. The van der Waals surface area contributed by atoms with Crippen LogP contribution in [0.3, 0.4) is 0 Å². The second kappa shape index (κ2) is 10.6. The lowest BCUT2D eigenvalue weighted by Crippen LogP contribution is -2.30. The Kier molecular flexibility index (Phi) is 7.82. The highest BCUT2D eigenvalue weighted by Gasteiger charge is 2.22. The van der Waals surface area contributed by atoms with Crippen molar-refractivity contribution >= 4 is 33.1 Å². The zero-order valence-corrected chi connectivity index (χ0v) is 19.5. The minimum atomic E-state index is -3.55. The first kappa shape index (κ1) is 23.7. The van der Waals surface area contributed by atoms with Crippen molar-refractivity contribution < 1.29 is 17.9 Å². The Bertz CT molecular complexity index is 1200. The third-order valence-electron chi connectivity index (χ3n) is 5.29. The van der Waals surface area contributed by atoms with E-state index < -0.39 is 10.0 Å². The van der Waals surface area contributed by atoms with Crippen molar-refractivity contribution in [2.24, 2.45) is 7.05 Å². The molecule has 0 aliphatic rings. The third kappa shape index (κ3) is 5.44. The molecular weight excluding hydrogens is 426 g/mol. The number of carbonyl (C=O) groups excluding carboxylic acids is 1. The van der Waals surface area contributed by atoms with Gasteiger partial charge in [0.25, 0.3) is 0 Å². The van der Waals surface area contributed by atoms with Gasteiger partial charge < -0.3 is 9.30 Å². The highest BCUT2D eigenvalue weighted by molar-refractivity contribution is 7.89. The molecule has 0 atom stereocenters. The van der Waals surface area contributed by atoms with Crippen molar-refractivity contribution in [3.05, 3.63) is 66.0 Å². The quantitative estimate of drug-likeness (QED) is 0.435. The van der Waals surface area contributed by atoms with Crippen LogP contribution < -0.4 is 0 Å². The zero-order valence-electron chi connectivity index (χ0n) is 18.7. The van der Waals surface area contributed by atoms with Gasteiger partial charge >= 0.3 is 5.97 Å². The zero-order chi connectivity index (χ0) is 23.1. The van der Waals surface area contributed by atoms with Crippen molar-refractivity contribution in [3.63, 3.8) is 0 Å². The van der Waals surface area contributed by atoms with Gasteiger partial charge in [0.1, 0.15) is 12.4 Å². The van der Waals surface area contributed by atoms with Gasteiger partial charge in [-0.1, -0.05) is 50.3 Å². The van der Waals surface area contributed by atoms with Crippen molar-refractivity contribution in [2.75, 3.05) is 19.7 Å². The van der Waals surface area contributed by atoms with Crippen LogP contribution in [0.1, 0.15) is 31.7 Å². The Labute approximate surface area is 189 Å². The molecule has 0 radical (unpaired) electrons. The summed E-state index contributed by atoms with van der Waals surface area (Å²) >= 11 is 0. The summed E-state index contributed by atoms with van der Waals surface area (Å²) in [4.78, 5) is 16.9. The fourth-order valence-electron chi connectivity index (χ4n) is 3.50. The van der Waals surface area contributed by atoms with Gasteiger partial charge in [0, 0.05) is 26.6 Å². The number of benzene rings is 2. The van der Waals surface area contributed by atoms with Crippen LogP contribution in [0.2, 0.25) is 0 Å². The molecule has 1 aromatic heterocycles. The van der Waals surface area contributed by atoms with Gasteiger partial charge in [-0.3, -0.25) is 4.79 Å². The predicted molar refractivity (Wildman–Crippen MR) is 126 cm³/mol. The number of imidazole rings is 1. The van der Waals surface area contributed by atoms with Crippen molar-refractivity contribution in [1.29, 1.82) is 0 Å². The lowest BCUT2D eigenvalue weighted by Gasteiger charge is -2.18. The molecule has 0 fully saturated rings.